The van der Waals surface area contributed by atoms with Gasteiger partial charge >= 0.3 is 12.1 Å². The van der Waals surface area contributed by atoms with Gasteiger partial charge in [0.2, 0.25) is 0 Å². The summed E-state index contributed by atoms with van der Waals surface area (Å²) < 4.78 is 43.9. The van der Waals surface area contributed by atoms with E-state index in [-0.39, 0.29) is 12.5 Å². The van der Waals surface area contributed by atoms with Crippen molar-refractivity contribution in [2.75, 3.05) is 12.4 Å². The first-order chi connectivity index (χ1) is 15.7. The van der Waals surface area contributed by atoms with Gasteiger partial charge in [0.1, 0.15) is 10.8 Å². The number of carbonyl (C=O) groups is 1. The number of benzene rings is 2. The van der Waals surface area contributed by atoms with Crippen molar-refractivity contribution < 1.29 is 27.8 Å². The number of hydrogen-bond donors (Lipinski definition) is 1. The average molecular weight is 494 g/mol. The molecule has 1 atom stereocenters. The maximum atomic E-state index is 12.9. The van der Waals surface area contributed by atoms with Gasteiger partial charge in [-0.3, -0.25) is 0 Å². The van der Waals surface area contributed by atoms with Crippen molar-refractivity contribution >= 4 is 29.1 Å². The lowest BCUT2D eigenvalue weighted by atomic mass is 9.93. The Kier molecular flexibility index (Phi) is 6.99. The number of carboxylic acid groups (broad SMARTS) is 1. The van der Waals surface area contributed by atoms with Gasteiger partial charge in [0, 0.05) is 27.0 Å². The highest BCUT2D eigenvalue weighted by molar-refractivity contribution is 7.99. The normalized spacial score (nSPS) is 15.8. The Balaban J connectivity index is 1.45. The van der Waals surface area contributed by atoms with Crippen molar-refractivity contribution in [2.24, 2.45) is 0 Å². The molecule has 174 valence electrons. The second-order valence-electron chi connectivity index (χ2n) is 7.91. The maximum absolute atomic E-state index is 12.9. The van der Waals surface area contributed by atoms with E-state index in [1.54, 1.807) is 29.2 Å². The van der Waals surface area contributed by atoms with E-state index in [0.29, 0.717) is 11.3 Å². The van der Waals surface area contributed by atoms with Crippen LogP contribution in [-0.2, 0) is 17.4 Å². The number of alkyl halides is 3. The highest BCUT2D eigenvalue weighted by atomic mass is 32.2. The number of thioether (sulfide) groups is 1. The van der Waals surface area contributed by atoms with Crippen LogP contribution in [0.5, 0.6) is 5.75 Å². The zero-order chi connectivity index (χ0) is 23.6. The molecule has 0 fully saturated rings. The summed E-state index contributed by atoms with van der Waals surface area (Å²) in [6.45, 7) is 1.51. The average Bonchev–Trinajstić information content (AvgIpc) is 3.21. The monoisotopic (exact) mass is 493 g/mol. The first-order valence-electron chi connectivity index (χ1n) is 10.5. The van der Waals surface area contributed by atoms with Gasteiger partial charge in [0.05, 0.1) is 11.3 Å². The molecule has 1 heterocycles. The van der Waals surface area contributed by atoms with Crippen LogP contribution in [0.2, 0.25) is 0 Å². The first-order valence-corrected chi connectivity index (χ1v) is 12.3. The molecule has 0 unspecified atom stereocenters. The molecular weight excluding hydrogens is 471 g/mol. The molecule has 0 bridgehead atoms. The van der Waals surface area contributed by atoms with Crippen molar-refractivity contribution in [3.63, 3.8) is 0 Å². The van der Waals surface area contributed by atoms with Crippen LogP contribution in [0.25, 0.3) is 10.6 Å². The van der Waals surface area contributed by atoms with Crippen LogP contribution in [-0.4, -0.2) is 28.4 Å². The number of thiazole rings is 1. The molecule has 0 spiro atoms. The number of aromatic nitrogens is 1. The van der Waals surface area contributed by atoms with Crippen LogP contribution >= 0.6 is 23.1 Å². The predicted octanol–water partition coefficient (Wildman–Crippen LogP) is 6.81. The second kappa shape index (κ2) is 9.77. The van der Waals surface area contributed by atoms with Gasteiger partial charge in [-0.25, -0.2) is 9.78 Å². The number of ether oxygens (including phenoxy) is 1. The van der Waals surface area contributed by atoms with E-state index in [0.717, 1.165) is 58.3 Å². The number of aliphatic carboxylic acids is 1. The van der Waals surface area contributed by atoms with Crippen LogP contribution in [0.4, 0.5) is 13.2 Å². The van der Waals surface area contributed by atoms with Gasteiger partial charge in [-0.15, -0.1) is 23.1 Å². The SMILES string of the molecule is Cc1cc(SC[C@H]2CCCc3sc(-c4ccc(C(F)(F)F)cc4)nc32)ccc1OCC(=O)O. The molecule has 2 aromatic carbocycles. The highest BCUT2D eigenvalue weighted by Gasteiger charge is 2.30. The Morgan fingerprint density at radius 2 is 2.00 bits per heavy atom. The van der Waals surface area contributed by atoms with E-state index in [4.69, 9.17) is 14.8 Å². The summed E-state index contributed by atoms with van der Waals surface area (Å²) in [6.07, 6.45) is -1.31. The van der Waals surface area contributed by atoms with E-state index >= 15 is 0 Å². The van der Waals surface area contributed by atoms with Gasteiger partial charge in [0.25, 0.3) is 0 Å². The summed E-state index contributed by atoms with van der Waals surface area (Å²) in [4.78, 5) is 17.8. The summed E-state index contributed by atoms with van der Waals surface area (Å²) in [7, 11) is 0. The standard InChI is InChI=1S/C24H22F3NO3S2/c1-14-11-18(9-10-19(14)31-12-21(29)30)32-13-16-3-2-4-20-22(16)28-23(33-20)15-5-7-17(8-6-15)24(25,26)27/h5-11,16H,2-4,12-13H2,1H3,(H,29,30)/t16-/m1/s1. The summed E-state index contributed by atoms with van der Waals surface area (Å²) >= 11 is 3.29. The smallest absolute Gasteiger partial charge is 0.416 e. The molecular formula is C24H22F3NO3S2. The fourth-order valence-corrected chi connectivity index (χ4v) is 6.14. The largest absolute Gasteiger partial charge is 0.482 e. The first kappa shape index (κ1) is 23.6. The third kappa shape index (κ3) is 5.70. The number of nitrogens with zero attached hydrogens (tertiary/aromatic N) is 1. The Morgan fingerprint density at radius 1 is 1.24 bits per heavy atom. The zero-order valence-electron chi connectivity index (χ0n) is 17.8. The van der Waals surface area contributed by atoms with E-state index in [2.05, 4.69) is 0 Å². The number of hydrogen-bond acceptors (Lipinski definition) is 5. The van der Waals surface area contributed by atoms with Crippen molar-refractivity contribution in [2.45, 2.75) is 43.2 Å². The fourth-order valence-electron chi connectivity index (χ4n) is 3.80. The van der Waals surface area contributed by atoms with Crippen LogP contribution in [0.1, 0.15) is 40.5 Å². The summed E-state index contributed by atoms with van der Waals surface area (Å²) in [5.41, 5.74) is 1.99. The highest BCUT2D eigenvalue weighted by Crippen LogP contribution is 2.41. The number of fused-ring (bicyclic) bond motifs is 1. The lowest BCUT2D eigenvalue weighted by molar-refractivity contribution is -0.139. The predicted molar refractivity (Wildman–Crippen MR) is 123 cm³/mol. The molecule has 0 aliphatic heterocycles. The van der Waals surface area contributed by atoms with E-state index < -0.39 is 17.7 Å². The van der Waals surface area contributed by atoms with Crippen molar-refractivity contribution in [3.8, 4) is 16.3 Å². The number of rotatable bonds is 7. The van der Waals surface area contributed by atoms with Crippen molar-refractivity contribution in [1.29, 1.82) is 0 Å². The fraction of sp³-hybridized carbons (Fsp3) is 0.333. The van der Waals surface area contributed by atoms with Crippen LogP contribution in [0.15, 0.2) is 47.4 Å². The Labute approximate surface area is 197 Å². The Morgan fingerprint density at radius 3 is 2.67 bits per heavy atom. The second-order valence-corrected chi connectivity index (χ2v) is 10.1. The van der Waals surface area contributed by atoms with Crippen LogP contribution < -0.4 is 4.74 Å². The van der Waals surface area contributed by atoms with Gasteiger partial charge < -0.3 is 9.84 Å². The molecule has 3 aromatic rings. The zero-order valence-corrected chi connectivity index (χ0v) is 19.4. The molecule has 4 nitrogen and oxygen atoms in total. The van der Waals surface area contributed by atoms with Gasteiger partial charge in [0.15, 0.2) is 6.61 Å². The van der Waals surface area contributed by atoms with Crippen molar-refractivity contribution in [1.82, 2.24) is 4.98 Å². The minimum atomic E-state index is -4.35. The van der Waals surface area contributed by atoms with Gasteiger partial charge in [-0.2, -0.15) is 13.2 Å². The lowest BCUT2D eigenvalue weighted by Crippen LogP contribution is -2.11. The lowest BCUT2D eigenvalue weighted by Gasteiger charge is -2.20. The molecule has 1 aromatic heterocycles. The molecule has 1 aliphatic rings. The van der Waals surface area contributed by atoms with Gasteiger partial charge in [-0.1, -0.05) is 12.1 Å². The Bertz CT molecular complexity index is 1140. The minimum Gasteiger partial charge on any atom is -0.482 e. The quantitative estimate of drug-likeness (QED) is 0.366. The minimum absolute atomic E-state index is 0.279. The topological polar surface area (TPSA) is 59.4 Å². The summed E-state index contributed by atoms with van der Waals surface area (Å²) in [5.74, 6) is 0.668. The Hall–Kier alpha value is -2.52. The van der Waals surface area contributed by atoms with E-state index in [9.17, 15) is 18.0 Å². The summed E-state index contributed by atoms with van der Waals surface area (Å²) in [5, 5.41) is 9.53. The van der Waals surface area contributed by atoms with Crippen LogP contribution in [0, 0.1) is 6.92 Å². The number of aryl methyl sites for hydroxylation is 2. The molecule has 0 saturated heterocycles. The van der Waals surface area contributed by atoms with Crippen molar-refractivity contribution in [3.05, 3.63) is 64.2 Å². The molecule has 33 heavy (non-hydrogen) atoms. The molecule has 1 aliphatic carbocycles. The maximum Gasteiger partial charge on any atom is 0.416 e. The third-order valence-corrected chi connectivity index (χ3v) is 7.81. The molecule has 9 heteroatoms. The number of halogens is 3. The molecule has 0 amide bonds. The number of carboxylic acids is 1. The molecule has 0 saturated carbocycles. The van der Waals surface area contributed by atoms with Crippen LogP contribution in [0.3, 0.4) is 0 Å². The molecule has 0 radical (unpaired) electrons. The molecule has 1 N–H and O–H groups in total. The molecule has 4 rings (SSSR count). The van der Waals surface area contributed by atoms with E-state index in [1.807, 2.05) is 19.1 Å². The van der Waals surface area contributed by atoms with E-state index in [1.165, 1.54) is 17.0 Å². The summed E-state index contributed by atoms with van der Waals surface area (Å²) in [6, 6.07) is 10.9. The third-order valence-electron chi connectivity index (χ3n) is 5.48. The van der Waals surface area contributed by atoms with Gasteiger partial charge in [-0.05, 0) is 62.1 Å².